The van der Waals surface area contributed by atoms with E-state index in [-0.39, 0.29) is 12.0 Å². The molecule has 1 unspecified atom stereocenters. The summed E-state index contributed by atoms with van der Waals surface area (Å²) < 4.78 is 0. The molecule has 1 heterocycles. The fraction of sp³-hybridized carbons (Fsp3) is 0.467. The SMILES string of the molecule is O=C(CCc1nc2ccccc2[nH]1)NCC(O)C1CC1. The average molecular weight is 273 g/mol. The van der Waals surface area contributed by atoms with Crippen LogP contribution in [0.25, 0.3) is 11.0 Å². The number of carbonyl (C=O) groups is 1. The highest BCUT2D eigenvalue weighted by Crippen LogP contribution is 2.32. The van der Waals surface area contributed by atoms with E-state index in [1.807, 2.05) is 24.3 Å². The van der Waals surface area contributed by atoms with Crippen LogP contribution in [0.5, 0.6) is 0 Å². The Kier molecular flexibility index (Phi) is 3.69. The fourth-order valence-corrected chi connectivity index (χ4v) is 2.31. The second-order valence-electron chi connectivity index (χ2n) is 5.41. The first kappa shape index (κ1) is 13.1. The first-order chi connectivity index (χ1) is 9.72. The Hall–Kier alpha value is -1.88. The summed E-state index contributed by atoms with van der Waals surface area (Å²) in [5, 5.41) is 12.5. The van der Waals surface area contributed by atoms with Crippen LogP contribution in [0.15, 0.2) is 24.3 Å². The number of fused-ring (bicyclic) bond motifs is 1. The summed E-state index contributed by atoms with van der Waals surface area (Å²) in [6.45, 7) is 0.365. The van der Waals surface area contributed by atoms with Crippen molar-refractivity contribution in [3.8, 4) is 0 Å². The number of aliphatic hydroxyl groups excluding tert-OH is 1. The minimum atomic E-state index is -0.384. The lowest BCUT2D eigenvalue weighted by atomic mass is 10.2. The maximum absolute atomic E-state index is 11.7. The summed E-state index contributed by atoms with van der Waals surface area (Å²) in [6.07, 6.45) is 2.74. The van der Waals surface area contributed by atoms with E-state index in [4.69, 9.17) is 0 Å². The highest BCUT2D eigenvalue weighted by molar-refractivity contribution is 5.77. The highest BCUT2D eigenvalue weighted by atomic mass is 16.3. The highest BCUT2D eigenvalue weighted by Gasteiger charge is 2.29. The van der Waals surface area contributed by atoms with Gasteiger partial charge in [-0.15, -0.1) is 0 Å². The zero-order valence-electron chi connectivity index (χ0n) is 11.3. The van der Waals surface area contributed by atoms with Gasteiger partial charge >= 0.3 is 0 Å². The quantitative estimate of drug-likeness (QED) is 0.744. The minimum Gasteiger partial charge on any atom is -0.391 e. The van der Waals surface area contributed by atoms with Gasteiger partial charge in [-0.1, -0.05) is 12.1 Å². The molecule has 1 atom stereocenters. The van der Waals surface area contributed by atoms with E-state index >= 15 is 0 Å². The molecule has 106 valence electrons. The summed E-state index contributed by atoms with van der Waals surface area (Å²) in [7, 11) is 0. The van der Waals surface area contributed by atoms with Gasteiger partial charge in [0.1, 0.15) is 5.82 Å². The monoisotopic (exact) mass is 273 g/mol. The molecule has 1 aromatic heterocycles. The number of rotatable bonds is 6. The number of para-hydroxylation sites is 2. The number of aromatic nitrogens is 2. The van der Waals surface area contributed by atoms with Crippen LogP contribution in [0.4, 0.5) is 0 Å². The van der Waals surface area contributed by atoms with Gasteiger partial charge in [0.2, 0.25) is 5.91 Å². The lowest BCUT2D eigenvalue weighted by Gasteiger charge is -2.10. The zero-order valence-corrected chi connectivity index (χ0v) is 11.3. The Bertz CT molecular complexity index is 571. The van der Waals surface area contributed by atoms with Crippen molar-refractivity contribution in [2.75, 3.05) is 6.54 Å². The van der Waals surface area contributed by atoms with Crippen LogP contribution in [0.3, 0.4) is 0 Å². The van der Waals surface area contributed by atoms with Crippen molar-refractivity contribution in [3.05, 3.63) is 30.1 Å². The van der Waals surface area contributed by atoms with Crippen molar-refractivity contribution in [3.63, 3.8) is 0 Å². The minimum absolute atomic E-state index is 0.0369. The number of carbonyl (C=O) groups excluding carboxylic acids is 1. The van der Waals surface area contributed by atoms with Gasteiger partial charge in [0, 0.05) is 19.4 Å². The maximum Gasteiger partial charge on any atom is 0.220 e. The molecule has 20 heavy (non-hydrogen) atoms. The molecule has 0 saturated heterocycles. The van der Waals surface area contributed by atoms with E-state index in [0.29, 0.717) is 25.3 Å². The van der Waals surface area contributed by atoms with Crippen molar-refractivity contribution < 1.29 is 9.90 Å². The number of aryl methyl sites for hydroxylation is 1. The van der Waals surface area contributed by atoms with E-state index in [0.717, 1.165) is 29.7 Å². The lowest BCUT2D eigenvalue weighted by Crippen LogP contribution is -2.33. The molecule has 1 aliphatic carbocycles. The van der Waals surface area contributed by atoms with Crippen LogP contribution < -0.4 is 5.32 Å². The van der Waals surface area contributed by atoms with Crippen molar-refractivity contribution >= 4 is 16.9 Å². The van der Waals surface area contributed by atoms with Crippen LogP contribution >= 0.6 is 0 Å². The molecular weight excluding hydrogens is 254 g/mol. The fourth-order valence-electron chi connectivity index (χ4n) is 2.31. The molecule has 1 saturated carbocycles. The summed E-state index contributed by atoms with van der Waals surface area (Å²) >= 11 is 0. The number of nitrogens with one attached hydrogen (secondary N) is 2. The Morgan fingerprint density at radius 3 is 3.00 bits per heavy atom. The summed E-state index contributed by atoms with van der Waals surface area (Å²) in [5.41, 5.74) is 1.92. The lowest BCUT2D eigenvalue weighted by molar-refractivity contribution is -0.121. The molecule has 0 aliphatic heterocycles. The van der Waals surface area contributed by atoms with Crippen LogP contribution in [-0.2, 0) is 11.2 Å². The van der Waals surface area contributed by atoms with Crippen molar-refractivity contribution in [1.29, 1.82) is 0 Å². The molecule has 3 rings (SSSR count). The zero-order chi connectivity index (χ0) is 13.9. The Labute approximate surface area is 117 Å². The van der Waals surface area contributed by atoms with Gasteiger partial charge in [0.05, 0.1) is 17.1 Å². The molecule has 2 aromatic rings. The van der Waals surface area contributed by atoms with Gasteiger partial charge < -0.3 is 15.4 Å². The normalized spacial score (nSPS) is 16.2. The molecule has 1 fully saturated rings. The van der Waals surface area contributed by atoms with Crippen LogP contribution in [0.2, 0.25) is 0 Å². The van der Waals surface area contributed by atoms with E-state index < -0.39 is 0 Å². The second kappa shape index (κ2) is 5.63. The third-order valence-corrected chi connectivity index (χ3v) is 3.70. The van der Waals surface area contributed by atoms with Gasteiger partial charge in [-0.05, 0) is 30.9 Å². The molecule has 1 aliphatic rings. The molecule has 0 spiro atoms. The predicted molar refractivity (Wildman–Crippen MR) is 76.2 cm³/mol. The number of amides is 1. The van der Waals surface area contributed by atoms with Crippen molar-refractivity contribution in [2.24, 2.45) is 5.92 Å². The molecule has 0 bridgehead atoms. The summed E-state index contributed by atoms with van der Waals surface area (Å²) in [5.74, 6) is 1.18. The van der Waals surface area contributed by atoms with Crippen LogP contribution in [0, 0.1) is 5.92 Å². The predicted octanol–water partition coefficient (Wildman–Crippen LogP) is 1.38. The first-order valence-electron chi connectivity index (χ1n) is 7.11. The molecular formula is C15H19N3O2. The summed E-state index contributed by atoms with van der Waals surface area (Å²) in [4.78, 5) is 19.4. The second-order valence-corrected chi connectivity index (χ2v) is 5.41. The Morgan fingerprint density at radius 1 is 1.45 bits per heavy atom. The van der Waals surface area contributed by atoms with Crippen molar-refractivity contribution in [1.82, 2.24) is 15.3 Å². The van der Waals surface area contributed by atoms with Crippen molar-refractivity contribution in [2.45, 2.75) is 31.8 Å². The van der Waals surface area contributed by atoms with Gasteiger partial charge in [0.25, 0.3) is 0 Å². The molecule has 5 nitrogen and oxygen atoms in total. The van der Waals surface area contributed by atoms with Gasteiger partial charge in [0.15, 0.2) is 0 Å². The average Bonchev–Trinajstić information content (AvgIpc) is 3.22. The number of H-pyrrole nitrogens is 1. The molecule has 0 radical (unpaired) electrons. The number of hydrogen-bond donors (Lipinski definition) is 3. The number of aliphatic hydroxyl groups is 1. The molecule has 1 amide bonds. The van der Waals surface area contributed by atoms with Gasteiger partial charge in [-0.25, -0.2) is 4.98 Å². The van der Waals surface area contributed by atoms with Gasteiger partial charge in [-0.3, -0.25) is 4.79 Å². The largest absolute Gasteiger partial charge is 0.391 e. The number of nitrogens with zero attached hydrogens (tertiary/aromatic N) is 1. The molecule has 1 aromatic carbocycles. The first-order valence-corrected chi connectivity index (χ1v) is 7.11. The topological polar surface area (TPSA) is 78.0 Å². The number of imidazole rings is 1. The number of aromatic amines is 1. The van der Waals surface area contributed by atoms with Crippen LogP contribution in [0.1, 0.15) is 25.1 Å². The smallest absolute Gasteiger partial charge is 0.220 e. The molecule has 5 heteroatoms. The number of hydrogen-bond acceptors (Lipinski definition) is 3. The Morgan fingerprint density at radius 2 is 2.25 bits per heavy atom. The third-order valence-electron chi connectivity index (χ3n) is 3.70. The standard InChI is InChI=1S/C15H19N3O2/c19-13(10-5-6-10)9-16-15(20)8-7-14-17-11-3-1-2-4-12(11)18-14/h1-4,10,13,19H,5-9H2,(H,16,20)(H,17,18). The van der Waals surface area contributed by atoms with E-state index in [1.54, 1.807) is 0 Å². The third kappa shape index (κ3) is 3.17. The number of benzene rings is 1. The summed E-state index contributed by atoms with van der Waals surface area (Å²) in [6, 6.07) is 7.81. The van der Waals surface area contributed by atoms with E-state index in [2.05, 4.69) is 15.3 Å². The van der Waals surface area contributed by atoms with E-state index in [1.165, 1.54) is 0 Å². The van der Waals surface area contributed by atoms with E-state index in [9.17, 15) is 9.90 Å². The van der Waals surface area contributed by atoms with Crippen LogP contribution in [-0.4, -0.2) is 33.6 Å². The molecule has 3 N–H and O–H groups in total. The maximum atomic E-state index is 11.7. The van der Waals surface area contributed by atoms with Gasteiger partial charge in [-0.2, -0.15) is 0 Å². The Balaban J connectivity index is 1.47.